The second kappa shape index (κ2) is 8.69. The van der Waals surface area contributed by atoms with Crippen LogP contribution in [0.3, 0.4) is 0 Å². The molecule has 2 aromatic carbocycles. The number of nitrogens with one attached hydrogen (secondary N) is 1. The number of rotatable bonds is 6. The van der Waals surface area contributed by atoms with Gasteiger partial charge in [-0.25, -0.2) is 4.39 Å². The average molecular weight is 386 g/mol. The Bertz CT molecular complexity index is 798. The summed E-state index contributed by atoms with van der Waals surface area (Å²) in [5.74, 6) is -1.26. The summed E-state index contributed by atoms with van der Waals surface area (Å²) in [5.41, 5.74) is 0.639. The molecule has 2 aromatic rings. The van der Waals surface area contributed by atoms with Crippen LogP contribution < -0.4 is 10.1 Å². The summed E-state index contributed by atoms with van der Waals surface area (Å²) in [6.45, 7) is -0.529. The van der Waals surface area contributed by atoms with Crippen molar-refractivity contribution in [2.24, 2.45) is 0 Å². The predicted molar refractivity (Wildman–Crippen MR) is 91.5 cm³/mol. The fraction of sp³-hybridized carbons (Fsp3) is 0.176. The molecule has 2 rings (SSSR count). The molecule has 0 atom stereocenters. The van der Waals surface area contributed by atoms with Gasteiger partial charge in [0.25, 0.3) is 5.91 Å². The summed E-state index contributed by atoms with van der Waals surface area (Å²) in [5, 5.41) is 2.95. The molecule has 0 aliphatic rings. The van der Waals surface area contributed by atoms with E-state index in [9.17, 15) is 14.0 Å². The fourth-order valence-corrected chi connectivity index (χ4v) is 2.26. The summed E-state index contributed by atoms with van der Waals surface area (Å²) in [7, 11) is 1.43. The van der Waals surface area contributed by atoms with Crippen LogP contribution in [0.4, 0.5) is 4.39 Å². The van der Waals surface area contributed by atoms with E-state index >= 15 is 0 Å². The molecule has 0 heterocycles. The smallest absolute Gasteiger partial charge is 0.325 e. The van der Waals surface area contributed by atoms with E-state index in [1.165, 1.54) is 43.5 Å². The van der Waals surface area contributed by atoms with Gasteiger partial charge in [0.05, 0.1) is 17.2 Å². The molecule has 0 aliphatic carbocycles. The quantitative estimate of drug-likeness (QED) is 0.771. The van der Waals surface area contributed by atoms with Gasteiger partial charge in [-0.1, -0.05) is 23.2 Å². The third-order valence-corrected chi connectivity index (χ3v) is 3.95. The standard InChI is InChI=1S/C17H14Cl2FNO4/c1-24-15-5-3-12(20)6-11(15)9-25-16(22)8-21-17(23)10-2-4-13(18)14(19)7-10/h2-7H,8-9H2,1H3,(H,21,23). The highest BCUT2D eigenvalue weighted by atomic mass is 35.5. The number of hydrogen-bond donors (Lipinski definition) is 1. The molecule has 25 heavy (non-hydrogen) atoms. The molecule has 0 bridgehead atoms. The molecule has 0 radical (unpaired) electrons. The Morgan fingerprint density at radius 2 is 1.88 bits per heavy atom. The van der Waals surface area contributed by atoms with Gasteiger partial charge in [0, 0.05) is 11.1 Å². The Hall–Kier alpha value is -2.31. The van der Waals surface area contributed by atoms with E-state index in [1.807, 2.05) is 0 Å². The summed E-state index contributed by atoms with van der Waals surface area (Å²) < 4.78 is 23.3. The molecule has 0 aromatic heterocycles. The van der Waals surface area contributed by atoms with Crippen LogP contribution in [0.5, 0.6) is 5.75 Å². The second-order valence-electron chi connectivity index (χ2n) is 4.93. The predicted octanol–water partition coefficient (Wildman–Crippen LogP) is 3.61. The lowest BCUT2D eigenvalue weighted by molar-refractivity contribution is -0.143. The largest absolute Gasteiger partial charge is 0.496 e. The maximum atomic E-state index is 13.2. The highest BCUT2D eigenvalue weighted by molar-refractivity contribution is 6.42. The van der Waals surface area contributed by atoms with Crippen molar-refractivity contribution < 1.29 is 23.5 Å². The Balaban J connectivity index is 1.87. The third kappa shape index (κ3) is 5.34. The van der Waals surface area contributed by atoms with Crippen molar-refractivity contribution in [1.82, 2.24) is 5.32 Å². The van der Waals surface area contributed by atoms with Crippen LogP contribution in [0.15, 0.2) is 36.4 Å². The minimum atomic E-state index is -0.681. The molecular formula is C17H14Cl2FNO4. The first kappa shape index (κ1) is 19.0. The van der Waals surface area contributed by atoms with E-state index in [1.54, 1.807) is 0 Å². The topological polar surface area (TPSA) is 64.6 Å². The number of carbonyl (C=O) groups excluding carboxylic acids is 2. The number of hydrogen-bond acceptors (Lipinski definition) is 4. The van der Waals surface area contributed by atoms with Gasteiger partial charge in [0.1, 0.15) is 24.7 Å². The van der Waals surface area contributed by atoms with Crippen molar-refractivity contribution in [2.75, 3.05) is 13.7 Å². The van der Waals surface area contributed by atoms with Crippen molar-refractivity contribution in [2.45, 2.75) is 6.61 Å². The summed E-state index contributed by atoms with van der Waals surface area (Å²) in [4.78, 5) is 23.7. The van der Waals surface area contributed by atoms with Crippen LogP contribution in [0.2, 0.25) is 10.0 Å². The Morgan fingerprint density at radius 1 is 1.12 bits per heavy atom. The van der Waals surface area contributed by atoms with E-state index in [4.69, 9.17) is 32.7 Å². The molecule has 1 amide bonds. The lowest BCUT2D eigenvalue weighted by atomic mass is 10.2. The molecule has 0 saturated carbocycles. The van der Waals surface area contributed by atoms with E-state index in [-0.39, 0.29) is 23.7 Å². The molecule has 0 saturated heterocycles. The maximum absolute atomic E-state index is 13.2. The van der Waals surface area contributed by atoms with Crippen molar-refractivity contribution in [3.63, 3.8) is 0 Å². The van der Waals surface area contributed by atoms with Crippen molar-refractivity contribution >= 4 is 35.1 Å². The summed E-state index contributed by atoms with van der Waals surface area (Å²) >= 11 is 11.6. The Labute approximate surface area is 153 Å². The maximum Gasteiger partial charge on any atom is 0.325 e. The van der Waals surface area contributed by atoms with Gasteiger partial charge in [0.15, 0.2) is 0 Å². The van der Waals surface area contributed by atoms with Crippen molar-refractivity contribution in [3.05, 3.63) is 63.4 Å². The van der Waals surface area contributed by atoms with Gasteiger partial charge in [-0.05, 0) is 36.4 Å². The summed E-state index contributed by atoms with van der Waals surface area (Å²) in [6.07, 6.45) is 0. The zero-order valence-electron chi connectivity index (χ0n) is 13.1. The highest BCUT2D eigenvalue weighted by Crippen LogP contribution is 2.22. The number of benzene rings is 2. The lowest BCUT2D eigenvalue weighted by Crippen LogP contribution is -2.30. The molecule has 1 N–H and O–H groups in total. The number of amides is 1. The monoisotopic (exact) mass is 385 g/mol. The highest BCUT2D eigenvalue weighted by Gasteiger charge is 2.12. The average Bonchev–Trinajstić information content (AvgIpc) is 2.60. The number of methoxy groups -OCH3 is 1. The molecule has 8 heteroatoms. The number of esters is 1. The third-order valence-electron chi connectivity index (χ3n) is 3.21. The number of ether oxygens (including phenoxy) is 2. The minimum Gasteiger partial charge on any atom is -0.496 e. The van der Waals surface area contributed by atoms with Crippen LogP contribution in [0, 0.1) is 5.82 Å². The second-order valence-corrected chi connectivity index (χ2v) is 5.74. The van der Waals surface area contributed by atoms with Gasteiger partial charge < -0.3 is 14.8 Å². The minimum absolute atomic E-state index is 0.178. The molecule has 0 aliphatic heterocycles. The Kier molecular flexibility index (Phi) is 6.61. The van der Waals surface area contributed by atoms with Crippen LogP contribution in [-0.2, 0) is 16.1 Å². The molecule has 0 spiro atoms. The number of carbonyl (C=O) groups is 2. The van der Waals surface area contributed by atoms with Gasteiger partial charge >= 0.3 is 5.97 Å². The van der Waals surface area contributed by atoms with Crippen LogP contribution in [0.25, 0.3) is 0 Å². The van der Waals surface area contributed by atoms with Gasteiger partial charge in [0.2, 0.25) is 0 Å². The first-order valence-electron chi connectivity index (χ1n) is 7.12. The van der Waals surface area contributed by atoms with Crippen LogP contribution in [-0.4, -0.2) is 25.5 Å². The Morgan fingerprint density at radius 3 is 2.56 bits per heavy atom. The van der Waals surface area contributed by atoms with E-state index in [0.29, 0.717) is 16.3 Å². The first-order valence-corrected chi connectivity index (χ1v) is 7.87. The van der Waals surface area contributed by atoms with Gasteiger partial charge in [-0.15, -0.1) is 0 Å². The molecular weight excluding hydrogens is 372 g/mol. The SMILES string of the molecule is COc1ccc(F)cc1COC(=O)CNC(=O)c1ccc(Cl)c(Cl)c1. The van der Waals surface area contributed by atoms with E-state index < -0.39 is 17.7 Å². The van der Waals surface area contributed by atoms with Gasteiger partial charge in [-0.2, -0.15) is 0 Å². The molecule has 132 valence electrons. The number of halogens is 3. The van der Waals surface area contributed by atoms with Crippen LogP contribution >= 0.6 is 23.2 Å². The van der Waals surface area contributed by atoms with E-state index in [2.05, 4.69) is 5.32 Å². The van der Waals surface area contributed by atoms with Crippen molar-refractivity contribution in [1.29, 1.82) is 0 Å². The summed E-state index contributed by atoms with van der Waals surface area (Å²) in [6, 6.07) is 8.23. The van der Waals surface area contributed by atoms with Crippen LogP contribution in [0.1, 0.15) is 15.9 Å². The first-order chi connectivity index (χ1) is 11.9. The molecule has 0 fully saturated rings. The normalized spacial score (nSPS) is 10.2. The zero-order valence-corrected chi connectivity index (χ0v) is 14.7. The fourth-order valence-electron chi connectivity index (χ4n) is 1.96. The molecule has 0 unspecified atom stereocenters. The van der Waals surface area contributed by atoms with E-state index in [0.717, 1.165) is 0 Å². The molecule has 5 nitrogen and oxygen atoms in total. The zero-order chi connectivity index (χ0) is 18.4. The van der Waals surface area contributed by atoms with Crippen molar-refractivity contribution in [3.8, 4) is 5.75 Å². The lowest BCUT2D eigenvalue weighted by Gasteiger charge is -2.10. The van der Waals surface area contributed by atoms with Gasteiger partial charge in [-0.3, -0.25) is 9.59 Å².